The molecule has 2 rings (SSSR count). The lowest BCUT2D eigenvalue weighted by Crippen LogP contribution is -2.25. The molecule has 0 amide bonds. The van der Waals surface area contributed by atoms with Crippen LogP contribution < -0.4 is 9.47 Å². The molecule has 6 heteroatoms. The number of ether oxygens (including phenoxy) is 2. The zero-order chi connectivity index (χ0) is 23.1. The number of benzene rings is 1. The van der Waals surface area contributed by atoms with Crippen LogP contribution in [0.2, 0.25) is 0 Å². The van der Waals surface area contributed by atoms with Crippen molar-refractivity contribution in [2.24, 2.45) is 11.8 Å². The molecular weight excluding hydrogens is 396 g/mol. The van der Waals surface area contributed by atoms with Crippen molar-refractivity contribution in [3.63, 3.8) is 0 Å². The first-order chi connectivity index (χ1) is 14.6. The van der Waals surface area contributed by atoms with Crippen LogP contribution in [-0.4, -0.2) is 23.0 Å². The number of hydrogen-bond donors (Lipinski definition) is 1. The zero-order valence-electron chi connectivity index (χ0n) is 19.2. The molecule has 1 unspecified atom stereocenters. The number of unbranched alkanes of at least 4 members (excludes halogenated alkanes) is 2. The van der Waals surface area contributed by atoms with Crippen molar-refractivity contribution in [1.82, 2.24) is 0 Å². The van der Waals surface area contributed by atoms with E-state index in [9.17, 15) is 19.5 Å². The van der Waals surface area contributed by atoms with Crippen LogP contribution in [0.4, 0.5) is 0 Å². The van der Waals surface area contributed by atoms with E-state index < -0.39 is 17.9 Å². The van der Waals surface area contributed by atoms with Gasteiger partial charge < -0.3 is 14.6 Å². The highest BCUT2D eigenvalue weighted by molar-refractivity contribution is 5.87. The van der Waals surface area contributed by atoms with Gasteiger partial charge in [0.1, 0.15) is 11.5 Å². The second-order valence-corrected chi connectivity index (χ2v) is 8.62. The number of hydrogen-bond acceptors (Lipinski definition) is 5. The van der Waals surface area contributed by atoms with Gasteiger partial charge in [-0.2, -0.15) is 0 Å². The van der Waals surface area contributed by atoms with Crippen molar-refractivity contribution in [1.29, 1.82) is 0 Å². The van der Waals surface area contributed by atoms with Crippen LogP contribution in [0.25, 0.3) is 0 Å². The molecule has 0 saturated carbocycles. The minimum Gasteiger partial charge on any atom is -0.478 e. The van der Waals surface area contributed by atoms with Crippen molar-refractivity contribution >= 4 is 17.9 Å². The number of carboxylic acids is 1. The Morgan fingerprint density at radius 3 is 2.10 bits per heavy atom. The molecule has 170 valence electrons. The fourth-order valence-electron chi connectivity index (χ4n) is 4.33. The van der Waals surface area contributed by atoms with Crippen LogP contribution in [-0.2, 0) is 20.8 Å². The Labute approximate surface area is 184 Å². The van der Waals surface area contributed by atoms with Gasteiger partial charge in [0.25, 0.3) is 0 Å². The molecule has 1 aromatic rings. The first kappa shape index (κ1) is 24.6. The van der Waals surface area contributed by atoms with Gasteiger partial charge in [0.05, 0.1) is 0 Å². The number of esters is 2. The van der Waals surface area contributed by atoms with Gasteiger partial charge in [-0.05, 0) is 55.2 Å². The summed E-state index contributed by atoms with van der Waals surface area (Å²) >= 11 is 0. The molecule has 0 radical (unpaired) electrons. The molecule has 6 nitrogen and oxygen atoms in total. The Kier molecular flexibility index (Phi) is 8.84. The summed E-state index contributed by atoms with van der Waals surface area (Å²) in [6, 6.07) is 3.67. The lowest BCUT2D eigenvalue weighted by Gasteiger charge is -2.34. The molecule has 1 N–H and O–H groups in total. The summed E-state index contributed by atoms with van der Waals surface area (Å²) in [5.41, 5.74) is 1.82. The van der Waals surface area contributed by atoms with Crippen molar-refractivity contribution < 1.29 is 29.0 Å². The summed E-state index contributed by atoms with van der Waals surface area (Å²) < 4.78 is 11.2. The van der Waals surface area contributed by atoms with E-state index in [0.29, 0.717) is 35.5 Å². The average molecular weight is 431 g/mol. The van der Waals surface area contributed by atoms with E-state index in [0.717, 1.165) is 31.2 Å². The second-order valence-electron chi connectivity index (χ2n) is 8.62. The summed E-state index contributed by atoms with van der Waals surface area (Å²) in [4.78, 5) is 35.5. The summed E-state index contributed by atoms with van der Waals surface area (Å²) in [7, 11) is 0. The van der Waals surface area contributed by atoms with Crippen LogP contribution in [0.3, 0.4) is 0 Å². The highest BCUT2D eigenvalue weighted by Crippen LogP contribution is 2.48. The van der Waals surface area contributed by atoms with Crippen molar-refractivity contribution in [3.8, 4) is 11.5 Å². The largest absolute Gasteiger partial charge is 0.478 e. The number of carbonyl (C=O) groups is 3. The number of allylic oxidation sites excluding steroid dienone is 1. The standard InChI is InChI=1S/C25H34O6/c1-6-7-8-9-18-12-22(30-16(4)26)24(23(13-18)31-17(5)27)21-14-19(25(28)29)10-11-20(21)15(2)3/h12-15,20-21H,6-11H2,1-5H3,(H,28,29)/t20?,21-/m1/s1. The molecule has 0 bridgehead atoms. The highest BCUT2D eigenvalue weighted by Gasteiger charge is 2.35. The minimum atomic E-state index is -0.952. The van der Waals surface area contributed by atoms with Gasteiger partial charge in [-0.3, -0.25) is 9.59 Å². The molecule has 0 aromatic heterocycles. The van der Waals surface area contributed by atoms with Crippen molar-refractivity contribution in [2.45, 2.75) is 79.1 Å². The van der Waals surface area contributed by atoms with E-state index >= 15 is 0 Å². The molecule has 1 aromatic carbocycles. The van der Waals surface area contributed by atoms with E-state index in [-0.39, 0.29) is 17.8 Å². The number of aryl methyl sites for hydroxylation is 1. The number of carboxylic acid groups (broad SMARTS) is 1. The van der Waals surface area contributed by atoms with E-state index in [1.54, 1.807) is 6.08 Å². The van der Waals surface area contributed by atoms with Gasteiger partial charge in [0.2, 0.25) is 0 Å². The molecule has 0 saturated heterocycles. The minimum absolute atomic E-state index is 0.123. The fraction of sp³-hybridized carbons (Fsp3) is 0.560. The highest BCUT2D eigenvalue weighted by atomic mass is 16.5. The Bertz CT molecular complexity index is 815. The monoisotopic (exact) mass is 430 g/mol. The third kappa shape index (κ3) is 6.68. The average Bonchev–Trinajstić information content (AvgIpc) is 2.66. The quantitative estimate of drug-likeness (QED) is 0.319. The van der Waals surface area contributed by atoms with Gasteiger partial charge in [-0.15, -0.1) is 0 Å². The van der Waals surface area contributed by atoms with Crippen molar-refractivity contribution in [3.05, 3.63) is 34.9 Å². The zero-order valence-corrected chi connectivity index (χ0v) is 19.2. The predicted octanol–water partition coefficient (Wildman–Crippen LogP) is 5.43. The normalized spacial score (nSPS) is 18.5. The first-order valence-electron chi connectivity index (χ1n) is 11.1. The van der Waals surface area contributed by atoms with Gasteiger partial charge in [0.15, 0.2) is 0 Å². The molecular formula is C25H34O6. The SMILES string of the molecule is CCCCCc1cc(OC(C)=O)c([C@@H]2C=C(C(=O)O)CCC2C(C)C)c(OC(C)=O)c1. The smallest absolute Gasteiger partial charge is 0.331 e. The third-order valence-corrected chi connectivity index (χ3v) is 5.79. The molecule has 0 heterocycles. The Morgan fingerprint density at radius 1 is 1.06 bits per heavy atom. The predicted molar refractivity (Wildman–Crippen MR) is 118 cm³/mol. The van der Waals surface area contributed by atoms with Gasteiger partial charge in [0, 0.05) is 30.9 Å². The molecule has 1 aliphatic carbocycles. The Hall–Kier alpha value is -2.63. The summed E-state index contributed by atoms with van der Waals surface area (Å²) in [5, 5.41) is 9.58. The molecule has 31 heavy (non-hydrogen) atoms. The van der Waals surface area contributed by atoms with Crippen LogP contribution >= 0.6 is 0 Å². The van der Waals surface area contributed by atoms with E-state index in [1.165, 1.54) is 13.8 Å². The number of carbonyl (C=O) groups excluding carboxylic acids is 2. The van der Waals surface area contributed by atoms with Crippen LogP contribution in [0, 0.1) is 11.8 Å². The Morgan fingerprint density at radius 2 is 1.65 bits per heavy atom. The molecule has 0 aliphatic heterocycles. The summed E-state index contributed by atoms with van der Waals surface area (Å²) in [6.07, 6.45) is 6.79. The molecule has 0 spiro atoms. The maximum absolute atomic E-state index is 11.9. The van der Waals surface area contributed by atoms with Crippen LogP contribution in [0.5, 0.6) is 11.5 Å². The van der Waals surface area contributed by atoms with Gasteiger partial charge in [-0.1, -0.05) is 39.7 Å². The van der Waals surface area contributed by atoms with Gasteiger partial charge >= 0.3 is 17.9 Å². The second kappa shape index (κ2) is 11.1. The van der Waals surface area contributed by atoms with E-state index in [1.807, 2.05) is 12.1 Å². The maximum Gasteiger partial charge on any atom is 0.331 e. The summed E-state index contributed by atoms with van der Waals surface area (Å²) in [5.74, 6) is -1.17. The fourth-order valence-corrected chi connectivity index (χ4v) is 4.33. The molecule has 1 aliphatic rings. The topological polar surface area (TPSA) is 89.9 Å². The molecule has 0 fully saturated rings. The number of aliphatic carboxylic acids is 1. The maximum atomic E-state index is 11.9. The lowest BCUT2D eigenvalue weighted by molar-refractivity contribution is -0.134. The Balaban J connectivity index is 2.69. The summed E-state index contributed by atoms with van der Waals surface area (Å²) in [6.45, 7) is 8.97. The van der Waals surface area contributed by atoms with Gasteiger partial charge in [-0.25, -0.2) is 4.79 Å². The number of rotatable bonds is 9. The van der Waals surface area contributed by atoms with E-state index in [2.05, 4.69) is 20.8 Å². The third-order valence-electron chi connectivity index (χ3n) is 5.79. The van der Waals surface area contributed by atoms with Crippen molar-refractivity contribution in [2.75, 3.05) is 0 Å². The lowest BCUT2D eigenvalue weighted by atomic mass is 9.71. The molecule has 2 atom stereocenters. The van der Waals surface area contributed by atoms with Crippen LogP contribution in [0.1, 0.15) is 83.8 Å². The van der Waals surface area contributed by atoms with E-state index in [4.69, 9.17) is 9.47 Å². The first-order valence-corrected chi connectivity index (χ1v) is 11.1. The van der Waals surface area contributed by atoms with Crippen LogP contribution in [0.15, 0.2) is 23.8 Å².